The highest BCUT2D eigenvalue weighted by atomic mass is 35.5. The lowest BCUT2D eigenvalue weighted by Gasteiger charge is -2.25. The third-order valence-corrected chi connectivity index (χ3v) is 2.82. The van der Waals surface area contributed by atoms with Gasteiger partial charge in [0.1, 0.15) is 5.75 Å². The Hall–Kier alpha value is -1.95. The van der Waals surface area contributed by atoms with E-state index in [4.69, 9.17) is 27.3 Å². The molecule has 0 aliphatic heterocycles. The number of nitrogens with two attached hydrogens (primary N) is 1. The number of oxime groups is 1. The van der Waals surface area contributed by atoms with Gasteiger partial charge in [-0.05, 0) is 32.0 Å². The zero-order chi connectivity index (χ0) is 14.6. The van der Waals surface area contributed by atoms with Gasteiger partial charge in [0.15, 0.2) is 5.84 Å². The van der Waals surface area contributed by atoms with Crippen LogP contribution in [0.2, 0.25) is 5.02 Å². The lowest BCUT2D eigenvalue weighted by molar-refractivity contribution is 0.0928. The van der Waals surface area contributed by atoms with E-state index in [0.717, 1.165) is 0 Å². The van der Waals surface area contributed by atoms with Gasteiger partial charge in [-0.1, -0.05) is 16.8 Å². The molecule has 0 atom stereocenters. The third-order valence-electron chi connectivity index (χ3n) is 2.58. The fourth-order valence-corrected chi connectivity index (χ4v) is 1.57. The number of hydrogen-bond donors (Lipinski definition) is 3. The smallest absolute Gasteiger partial charge is 0.255 e. The van der Waals surface area contributed by atoms with Crippen LogP contribution in [0.1, 0.15) is 24.2 Å². The first-order valence-corrected chi connectivity index (χ1v) is 5.83. The predicted octanol–water partition coefficient (Wildman–Crippen LogP) is 1.60. The number of halogens is 1. The molecule has 7 heteroatoms. The molecule has 4 N–H and O–H groups in total. The minimum Gasteiger partial charge on any atom is -0.496 e. The van der Waals surface area contributed by atoms with Crippen molar-refractivity contribution in [2.24, 2.45) is 10.9 Å². The Bertz CT molecular complexity index is 515. The quantitative estimate of drug-likeness (QED) is 0.339. The molecule has 0 aromatic heterocycles. The van der Waals surface area contributed by atoms with Crippen molar-refractivity contribution in [3.05, 3.63) is 28.8 Å². The second kappa shape index (κ2) is 5.79. The van der Waals surface area contributed by atoms with Gasteiger partial charge in [0.05, 0.1) is 18.2 Å². The van der Waals surface area contributed by atoms with E-state index < -0.39 is 11.4 Å². The normalized spacial score (nSPS) is 12.1. The van der Waals surface area contributed by atoms with E-state index in [1.165, 1.54) is 13.2 Å². The molecule has 1 aromatic carbocycles. The van der Waals surface area contributed by atoms with E-state index in [1.807, 2.05) is 0 Å². The minimum atomic E-state index is -1.00. The molecule has 0 saturated heterocycles. The second-order valence-electron chi connectivity index (χ2n) is 4.41. The number of nitrogens with zero attached hydrogens (tertiary/aromatic N) is 1. The van der Waals surface area contributed by atoms with Crippen LogP contribution in [-0.2, 0) is 0 Å². The van der Waals surface area contributed by atoms with Crippen molar-refractivity contribution < 1.29 is 14.7 Å². The third kappa shape index (κ3) is 3.51. The molecule has 1 aromatic rings. The standard InChI is InChI=1S/C12H16ClN3O3/c1-12(2,11(14)16-18)15-10(17)8-6-7(13)4-5-9(8)19-3/h4-6,18H,1-3H3,(H2,14,16)(H,15,17). The summed E-state index contributed by atoms with van der Waals surface area (Å²) in [5, 5.41) is 14.6. The minimum absolute atomic E-state index is 0.109. The van der Waals surface area contributed by atoms with Gasteiger partial charge in [-0.2, -0.15) is 0 Å². The number of rotatable bonds is 4. The maximum absolute atomic E-state index is 12.2. The molecule has 0 radical (unpaired) electrons. The summed E-state index contributed by atoms with van der Waals surface area (Å²) in [6.45, 7) is 3.22. The summed E-state index contributed by atoms with van der Waals surface area (Å²) in [6, 6.07) is 4.69. The number of benzene rings is 1. The van der Waals surface area contributed by atoms with E-state index in [9.17, 15) is 4.79 Å². The van der Waals surface area contributed by atoms with Gasteiger partial charge in [0, 0.05) is 5.02 Å². The summed E-state index contributed by atoms with van der Waals surface area (Å²) in [5.74, 6) is -0.157. The molecule has 0 aliphatic carbocycles. The van der Waals surface area contributed by atoms with Crippen molar-refractivity contribution in [3.8, 4) is 5.75 Å². The summed E-state index contributed by atoms with van der Waals surface area (Å²) in [5.41, 5.74) is 4.78. The van der Waals surface area contributed by atoms with E-state index >= 15 is 0 Å². The van der Waals surface area contributed by atoms with Crippen LogP contribution in [0.4, 0.5) is 0 Å². The van der Waals surface area contributed by atoms with Crippen LogP contribution in [0.25, 0.3) is 0 Å². The molecule has 0 unspecified atom stereocenters. The van der Waals surface area contributed by atoms with Crippen LogP contribution < -0.4 is 15.8 Å². The van der Waals surface area contributed by atoms with Crippen LogP contribution in [-0.4, -0.2) is 29.6 Å². The summed E-state index contributed by atoms with van der Waals surface area (Å²) in [7, 11) is 1.45. The van der Waals surface area contributed by atoms with Gasteiger partial charge in [-0.3, -0.25) is 4.79 Å². The SMILES string of the molecule is COc1ccc(Cl)cc1C(=O)NC(C)(C)/C(N)=N/O. The Balaban J connectivity index is 3.05. The highest BCUT2D eigenvalue weighted by molar-refractivity contribution is 6.31. The van der Waals surface area contributed by atoms with Crippen molar-refractivity contribution >= 4 is 23.3 Å². The number of amides is 1. The summed E-state index contributed by atoms with van der Waals surface area (Å²) in [4.78, 5) is 12.2. The number of carbonyl (C=O) groups is 1. The van der Waals surface area contributed by atoms with E-state index in [1.54, 1.807) is 26.0 Å². The number of ether oxygens (including phenoxy) is 1. The van der Waals surface area contributed by atoms with Gasteiger partial charge in [-0.15, -0.1) is 0 Å². The second-order valence-corrected chi connectivity index (χ2v) is 4.85. The largest absolute Gasteiger partial charge is 0.496 e. The molecule has 0 fully saturated rings. The lowest BCUT2D eigenvalue weighted by Crippen LogP contribution is -2.53. The molecule has 19 heavy (non-hydrogen) atoms. The number of amidine groups is 1. The Labute approximate surface area is 116 Å². The molecule has 0 aliphatic rings. The Morgan fingerprint density at radius 3 is 2.68 bits per heavy atom. The first kappa shape index (κ1) is 15.1. The number of methoxy groups -OCH3 is 1. The number of hydrogen-bond acceptors (Lipinski definition) is 4. The molecular formula is C12H16ClN3O3. The van der Waals surface area contributed by atoms with Crippen molar-refractivity contribution in [2.45, 2.75) is 19.4 Å². The number of nitrogens with one attached hydrogen (secondary N) is 1. The van der Waals surface area contributed by atoms with Crippen molar-refractivity contribution in [3.63, 3.8) is 0 Å². The summed E-state index contributed by atoms with van der Waals surface area (Å²) in [6.07, 6.45) is 0. The Morgan fingerprint density at radius 2 is 2.16 bits per heavy atom. The van der Waals surface area contributed by atoms with Crippen LogP contribution in [0.3, 0.4) is 0 Å². The number of carbonyl (C=O) groups excluding carboxylic acids is 1. The molecule has 1 amide bonds. The summed E-state index contributed by atoms with van der Waals surface area (Å²) >= 11 is 5.85. The molecule has 6 nitrogen and oxygen atoms in total. The van der Waals surface area contributed by atoms with Crippen LogP contribution >= 0.6 is 11.6 Å². The molecule has 0 heterocycles. The lowest BCUT2D eigenvalue weighted by atomic mass is 10.0. The molecular weight excluding hydrogens is 270 g/mol. The van der Waals surface area contributed by atoms with E-state index in [2.05, 4.69) is 10.5 Å². The van der Waals surface area contributed by atoms with Gasteiger partial charge >= 0.3 is 0 Å². The van der Waals surface area contributed by atoms with Crippen LogP contribution in [0.15, 0.2) is 23.4 Å². The highest BCUT2D eigenvalue weighted by Crippen LogP contribution is 2.23. The Morgan fingerprint density at radius 1 is 1.53 bits per heavy atom. The van der Waals surface area contributed by atoms with Crippen LogP contribution in [0, 0.1) is 0 Å². The molecule has 104 valence electrons. The molecule has 0 saturated carbocycles. The zero-order valence-electron chi connectivity index (χ0n) is 10.9. The maximum Gasteiger partial charge on any atom is 0.255 e. The van der Waals surface area contributed by atoms with Crippen molar-refractivity contribution in [2.75, 3.05) is 7.11 Å². The van der Waals surface area contributed by atoms with Gasteiger partial charge < -0.3 is 21.0 Å². The fraction of sp³-hybridized carbons (Fsp3) is 0.333. The van der Waals surface area contributed by atoms with Gasteiger partial charge in [0.25, 0.3) is 5.91 Å². The van der Waals surface area contributed by atoms with Crippen molar-refractivity contribution in [1.82, 2.24) is 5.32 Å². The highest BCUT2D eigenvalue weighted by Gasteiger charge is 2.27. The monoisotopic (exact) mass is 285 g/mol. The first-order chi connectivity index (χ1) is 8.81. The topological polar surface area (TPSA) is 96.9 Å². The fourth-order valence-electron chi connectivity index (χ4n) is 1.40. The van der Waals surface area contributed by atoms with E-state index in [-0.39, 0.29) is 11.4 Å². The average Bonchev–Trinajstić information content (AvgIpc) is 2.37. The molecule has 0 spiro atoms. The molecule has 0 bridgehead atoms. The average molecular weight is 286 g/mol. The molecule has 1 rings (SSSR count). The van der Waals surface area contributed by atoms with Crippen LogP contribution in [0.5, 0.6) is 5.75 Å². The Kier molecular flexibility index (Phi) is 4.61. The zero-order valence-corrected chi connectivity index (χ0v) is 11.7. The van der Waals surface area contributed by atoms with E-state index in [0.29, 0.717) is 10.8 Å². The maximum atomic E-state index is 12.2. The summed E-state index contributed by atoms with van der Waals surface area (Å²) < 4.78 is 5.09. The van der Waals surface area contributed by atoms with Gasteiger partial charge in [0.2, 0.25) is 0 Å². The van der Waals surface area contributed by atoms with Gasteiger partial charge in [-0.25, -0.2) is 0 Å². The van der Waals surface area contributed by atoms with Crippen molar-refractivity contribution in [1.29, 1.82) is 0 Å². The first-order valence-electron chi connectivity index (χ1n) is 5.46. The predicted molar refractivity (Wildman–Crippen MR) is 73.0 cm³/mol.